The number of nitrogens with two attached hydrogens (primary N) is 1. The minimum atomic E-state index is -0.941. The number of amides is 3. The third-order valence-corrected chi connectivity index (χ3v) is 2.75. The molecule has 118 valence electrons. The summed E-state index contributed by atoms with van der Waals surface area (Å²) in [6, 6.07) is 9.21. The zero-order chi connectivity index (χ0) is 16.8. The summed E-state index contributed by atoms with van der Waals surface area (Å²) in [5.41, 5.74) is 7.82. The normalized spacial score (nSPS) is 10.5. The van der Waals surface area contributed by atoms with Gasteiger partial charge in [-0.15, -0.1) is 0 Å². The number of hydrogen-bond donors (Lipinski definition) is 3. The van der Waals surface area contributed by atoms with Gasteiger partial charge in [-0.2, -0.15) is 5.10 Å². The molecule has 0 spiro atoms. The fourth-order valence-electron chi connectivity index (χ4n) is 1.63. The number of anilines is 1. The number of carbonyl (C=O) groups is 3. The molecule has 0 aliphatic rings. The number of carbonyl (C=O) groups excluding carboxylic acids is 3. The number of nitrogens with zero attached hydrogens (tertiary/aromatic N) is 1. The van der Waals surface area contributed by atoms with E-state index in [0.717, 1.165) is 0 Å². The lowest BCUT2D eigenvalue weighted by Gasteiger charge is -2.04. The van der Waals surface area contributed by atoms with Crippen molar-refractivity contribution in [2.45, 2.75) is 6.92 Å². The highest BCUT2D eigenvalue weighted by molar-refractivity contribution is 6.39. The van der Waals surface area contributed by atoms with Crippen molar-refractivity contribution < 1.29 is 18.8 Å². The van der Waals surface area contributed by atoms with Gasteiger partial charge in [0.25, 0.3) is 0 Å². The predicted octanol–water partition coefficient (Wildman–Crippen LogP) is 0.776. The highest BCUT2D eigenvalue weighted by Crippen LogP contribution is 2.09. The lowest BCUT2D eigenvalue weighted by molar-refractivity contribution is -0.136. The number of hydrazone groups is 1. The smallest absolute Gasteiger partial charge is 0.329 e. The number of nitrogens with one attached hydrogen (secondary N) is 2. The van der Waals surface area contributed by atoms with Crippen LogP contribution >= 0.6 is 0 Å². The molecule has 1 heterocycles. The van der Waals surface area contributed by atoms with E-state index in [9.17, 15) is 14.4 Å². The Morgan fingerprint density at radius 3 is 2.35 bits per heavy atom. The van der Waals surface area contributed by atoms with E-state index in [1.807, 2.05) is 0 Å². The monoisotopic (exact) mass is 314 g/mol. The van der Waals surface area contributed by atoms with Crippen LogP contribution in [-0.4, -0.2) is 23.9 Å². The molecule has 8 heteroatoms. The van der Waals surface area contributed by atoms with Crippen molar-refractivity contribution in [2.24, 2.45) is 10.8 Å². The van der Waals surface area contributed by atoms with Crippen LogP contribution in [0.3, 0.4) is 0 Å². The molecular weight excluding hydrogens is 300 g/mol. The Morgan fingerprint density at radius 2 is 1.78 bits per heavy atom. The molecule has 0 aliphatic carbocycles. The van der Waals surface area contributed by atoms with Gasteiger partial charge in [-0.3, -0.25) is 14.4 Å². The molecule has 3 amide bonds. The zero-order valence-corrected chi connectivity index (χ0v) is 12.2. The first-order chi connectivity index (χ1) is 11.0. The van der Waals surface area contributed by atoms with E-state index >= 15 is 0 Å². The van der Waals surface area contributed by atoms with E-state index < -0.39 is 17.7 Å². The van der Waals surface area contributed by atoms with Crippen LogP contribution in [0, 0.1) is 6.92 Å². The summed E-state index contributed by atoms with van der Waals surface area (Å²) in [5.74, 6) is -1.27. The van der Waals surface area contributed by atoms with E-state index in [0.29, 0.717) is 22.8 Å². The number of rotatable bonds is 4. The van der Waals surface area contributed by atoms with Crippen LogP contribution in [0.15, 0.2) is 45.9 Å². The van der Waals surface area contributed by atoms with Crippen LogP contribution in [0.5, 0.6) is 0 Å². The van der Waals surface area contributed by atoms with Crippen molar-refractivity contribution in [3.63, 3.8) is 0 Å². The zero-order valence-electron chi connectivity index (χ0n) is 12.2. The Labute approximate surface area is 131 Å². The average molecular weight is 314 g/mol. The van der Waals surface area contributed by atoms with E-state index in [1.165, 1.54) is 30.5 Å². The first-order valence-corrected chi connectivity index (χ1v) is 6.56. The minimum absolute atomic E-state index is 0.297. The quantitative estimate of drug-likeness (QED) is 0.437. The average Bonchev–Trinajstić information content (AvgIpc) is 2.93. The summed E-state index contributed by atoms with van der Waals surface area (Å²) in [6.45, 7) is 1.77. The van der Waals surface area contributed by atoms with Crippen molar-refractivity contribution in [1.82, 2.24) is 5.43 Å². The first kappa shape index (κ1) is 16.0. The topological polar surface area (TPSA) is 127 Å². The number of aryl methyl sites for hydroxylation is 1. The Balaban J connectivity index is 1.88. The maximum atomic E-state index is 11.7. The molecule has 0 saturated heterocycles. The van der Waals surface area contributed by atoms with Crippen LogP contribution in [0.25, 0.3) is 0 Å². The molecule has 0 aliphatic heterocycles. The third-order valence-electron chi connectivity index (χ3n) is 2.75. The van der Waals surface area contributed by atoms with Gasteiger partial charge in [0, 0.05) is 11.3 Å². The summed E-state index contributed by atoms with van der Waals surface area (Å²) in [5, 5.41) is 5.97. The van der Waals surface area contributed by atoms with Gasteiger partial charge in [-0.25, -0.2) is 5.43 Å². The van der Waals surface area contributed by atoms with Gasteiger partial charge < -0.3 is 15.5 Å². The minimum Gasteiger partial charge on any atom is -0.460 e. The SMILES string of the molecule is Cc1ccc(/C=N/NC(=O)C(=O)Nc2ccc(C(N)=O)cc2)o1. The molecular formula is C15H14N4O4. The maximum absolute atomic E-state index is 11.7. The molecule has 0 atom stereocenters. The molecule has 0 saturated carbocycles. The Kier molecular flexibility index (Phi) is 4.88. The lowest BCUT2D eigenvalue weighted by Crippen LogP contribution is -2.32. The largest absolute Gasteiger partial charge is 0.460 e. The van der Waals surface area contributed by atoms with Crippen molar-refractivity contribution in [2.75, 3.05) is 5.32 Å². The Bertz CT molecular complexity index is 762. The van der Waals surface area contributed by atoms with Crippen LogP contribution in [0.4, 0.5) is 5.69 Å². The van der Waals surface area contributed by atoms with Gasteiger partial charge in [0.05, 0.1) is 6.21 Å². The molecule has 23 heavy (non-hydrogen) atoms. The number of furan rings is 1. The van der Waals surface area contributed by atoms with Gasteiger partial charge in [-0.05, 0) is 43.3 Å². The predicted molar refractivity (Wildman–Crippen MR) is 82.8 cm³/mol. The number of hydrogen-bond acceptors (Lipinski definition) is 5. The number of benzene rings is 1. The van der Waals surface area contributed by atoms with Crippen LogP contribution in [0.2, 0.25) is 0 Å². The van der Waals surface area contributed by atoms with Gasteiger partial charge in [0.15, 0.2) is 0 Å². The summed E-state index contributed by atoms with van der Waals surface area (Å²) >= 11 is 0. The molecule has 0 bridgehead atoms. The molecule has 2 rings (SSSR count). The van der Waals surface area contributed by atoms with Crippen LogP contribution in [-0.2, 0) is 9.59 Å². The van der Waals surface area contributed by atoms with Crippen molar-refractivity contribution in [3.8, 4) is 0 Å². The summed E-state index contributed by atoms with van der Waals surface area (Å²) < 4.78 is 5.21. The second-order valence-corrected chi connectivity index (χ2v) is 4.54. The van der Waals surface area contributed by atoms with E-state index in [-0.39, 0.29) is 0 Å². The van der Waals surface area contributed by atoms with Gasteiger partial charge in [-0.1, -0.05) is 0 Å². The van der Waals surface area contributed by atoms with Gasteiger partial charge in [0.2, 0.25) is 5.91 Å². The highest BCUT2D eigenvalue weighted by Gasteiger charge is 2.13. The molecule has 0 radical (unpaired) electrons. The lowest BCUT2D eigenvalue weighted by atomic mass is 10.2. The molecule has 8 nitrogen and oxygen atoms in total. The Hall–Kier alpha value is -3.42. The molecule has 1 aromatic carbocycles. The number of primary amides is 1. The standard InChI is InChI=1S/C15H14N4O4/c1-9-2-7-12(23-9)8-17-19-15(22)14(21)18-11-5-3-10(4-6-11)13(16)20/h2-8H,1H3,(H2,16,20)(H,18,21)(H,19,22)/b17-8+. The first-order valence-electron chi connectivity index (χ1n) is 6.56. The maximum Gasteiger partial charge on any atom is 0.329 e. The van der Waals surface area contributed by atoms with E-state index in [1.54, 1.807) is 19.1 Å². The fourth-order valence-corrected chi connectivity index (χ4v) is 1.63. The molecule has 0 fully saturated rings. The summed E-state index contributed by atoms with van der Waals surface area (Å²) in [7, 11) is 0. The molecule has 1 aromatic heterocycles. The second-order valence-electron chi connectivity index (χ2n) is 4.54. The van der Waals surface area contributed by atoms with Crippen LogP contribution < -0.4 is 16.5 Å². The van der Waals surface area contributed by atoms with Crippen LogP contribution in [0.1, 0.15) is 21.9 Å². The Morgan fingerprint density at radius 1 is 1.09 bits per heavy atom. The van der Waals surface area contributed by atoms with E-state index in [2.05, 4.69) is 15.8 Å². The molecule has 0 unspecified atom stereocenters. The van der Waals surface area contributed by atoms with Gasteiger partial charge >= 0.3 is 11.8 Å². The van der Waals surface area contributed by atoms with Gasteiger partial charge in [0.1, 0.15) is 11.5 Å². The summed E-state index contributed by atoms with van der Waals surface area (Å²) in [6.07, 6.45) is 1.28. The second kappa shape index (κ2) is 7.03. The fraction of sp³-hybridized carbons (Fsp3) is 0.0667. The van der Waals surface area contributed by atoms with Crippen molar-refractivity contribution in [3.05, 3.63) is 53.5 Å². The van der Waals surface area contributed by atoms with Crippen molar-refractivity contribution >= 4 is 29.6 Å². The highest BCUT2D eigenvalue weighted by atomic mass is 16.3. The third kappa shape index (κ3) is 4.53. The van der Waals surface area contributed by atoms with E-state index in [4.69, 9.17) is 10.2 Å². The summed E-state index contributed by atoms with van der Waals surface area (Å²) in [4.78, 5) is 34.2. The molecule has 2 aromatic rings. The molecule has 4 N–H and O–H groups in total. The van der Waals surface area contributed by atoms with Crippen molar-refractivity contribution in [1.29, 1.82) is 0 Å².